The Hall–Kier alpha value is -3.12. The van der Waals surface area contributed by atoms with Crippen LogP contribution in [0.2, 0.25) is 0 Å². The number of piperidine rings is 1. The highest BCUT2D eigenvalue weighted by Gasteiger charge is 2.76. The summed E-state index contributed by atoms with van der Waals surface area (Å²) >= 11 is 0. The van der Waals surface area contributed by atoms with Crippen molar-refractivity contribution in [1.82, 2.24) is 5.32 Å². The van der Waals surface area contributed by atoms with Crippen LogP contribution in [0.5, 0.6) is 11.5 Å². The van der Waals surface area contributed by atoms with Gasteiger partial charge in [0.1, 0.15) is 17.7 Å². The van der Waals surface area contributed by atoms with Gasteiger partial charge in [-0.3, -0.25) is 4.79 Å². The van der Waals surface area contributed by atoms with Crippen LogP contribution < -0.4 is 10.1 Å². The number of phenolic OH excluding ortho intramolecular Hbond substituents is 1. The molecule has 8 nitrogen and oxygen atoms in total. The molecule has 5 aliphatic rings. The predicted octanol–water partition coefficient (Wildman–Crippen LogP) is 2.64. The molecule has 8 heteroatoms. The molecule has 1 amide bonds. The Balaban J connectivity index is 1.30. The number of benzene rings is 2. The summed E-state index contributed by atoms with van der Waals surface area (Å²) < 4.78 is 6.07. The number of nitrogens with one attached hydrogen (secondary N) is 1. The van der Waals surface area contributed by atoms with E-state index in [9.17, 15) is 25.5 Å². The molecular weight excluding hydrogens is 458 g/mol. The maximum absolute atomic E-state index is 14.3. The summed E-state index contributed by atoms with van der Waals surface area (Å²) in [7, 11) is 0. The number of likely N-dealkylation sites (tertiary alicyclic amines) is 1. The van der Waals surface area contributed by atoms with Crippen LogP contribution in [0.25, 0.3) is 0 Å². The van der Waals surface area contributed by atoms with Gasteiger partial charge in [-0.15, -0.1) is 0 Å². The van der Waals surface area contributed by atoms with Crippen LogP contribution in [0.1, 0.15) is 59.2 Å². The first-order valence-electron chi connectivity index (χ1n) is 12.9. The number of nitriles is 1. The van der Waals surface area contributed by atoms with E-state index >= 15 is 0 Å². The van der Waals surface area contributed by atoms with Gasteiger partial charge in [0, 0.05) is 29.9 Å². The van der Waals surface area contributed by atoms with E-state index in [0.717, 1.165) is 24.0 Å². The molecule has 2 bridgehead atoms. The molecule has 36 heavy (non-hydrogen) atoms. The van der Waals surface area contributed by atoms with Crippen LogP contribution in [0, 0.1) is 22.5 Å². The number of quaternary nitrogens is 1. The molecule has 186 valence electrons. The van der Waals surface area contributed by atoms with Crippen molar-refractivity contribution >= 4 is 5.91 Å². The molecule has 0 aromatic heterocycles. The lowest BCUT2D eigenvalue weighted by molar-refractivity contribution is -0.924. The summed E-state index contributed by atoms with van der Waals surface area (Å²) in [6.07, 6.45) is 3.31. The topological polar surface area (TPSA) is 126 Å². The number of rotatable bonds is 4. The van der Waals surface area contributed by atoms with Crippen molar-refractivity contribution < 1.29 is 24.4 Å². The van der Waals surface area contributed by atoms with E-state index in [1.165, 1.54) is 0 Å². The van der Waals surface area contributed by atoms with Crippen molar-refractivity contribution in [3.8, 4) is 17.6 Å². The first-order valence-corrected chi connectivity index (χ1v) is 12.9. The third-order valence-corrected chi connectivity index (χ3v) is 9.63. The number of nitrogens with zero attached hydrogens (tertiary/aromatic N) is 2. The minimum Gasteiger partial charge on any atom is -0.632 e. The van der Waals surface area contributed by atoms with Crippen molar-refractivity contribution in [1.29, 1.82) is 5.26 Å². The van der Waals surface area contributed by atoms with Crippen LogP contribution in [0.15, 0.2) is 36.4 Å². The lowest BCUT2D eigenvalue weighted by Gasteiger charge is -2.68. The number of aliphatic hydroxyl groups is 1. The van der Waals surface area contributed by atoms with E-state index in [2.05, 4.69) is 11.4 Å². The molecule has 6 atom stereocenters. The van der Waals surface area contributed by atoms with Crippen LogP contribution in [-0.4, -0.2) is 57.6 Å². The van der Waals surface area contributed by atoms with E-state index in [0.29, 0.717) is 61.6 Å². The van der Waals surface area contributed by atoms with Crippen molar-refractivity contribution in [3.63, 3.8) is 0 Å². The van der Waals surface area contributed by atoms with E-state index in [4.69, 9.17) is 4.74 Å². The molecule has 7 rings (SSSR count). The predicted molar refractivity (Wildman–Crippen MR) is 129 cm³/mol. The number of carbonyl (C=O) groups excluding carboxylic acids is 1. The molecule has 3 aliphatic carbocycles. The van der Waals surface area contributed by atoms with Gasteiger partial charge in [0.05, 0.1) is 36.2 Å². The van der Waals surface area contributed by atoms with E-state index in [1.54, 1.807) is 30.3 Å². The maximum Gasteiger partial charge on any atom is 0.251 e. The van der Waals surface area contributed by atoms with Gasteiger partial charge in [0.25, 0.3) is 5.91 Å². The zero-order valence-electron chi connectivity index (χ0n) is 19.9. The van der Waals surface area contributed by atoms with Crippen molar-refractivity contribution in [2.75, 3.05) is 13.1 Å². The molecule has 2 heterocycles. The molecule has 2 saturated carbocycles. The Kier molecular flexibility index (Phi) is 4.43. The highest BCUT2D eigenvalue weighted by Crippen LogP contribution is 2.66. The number of phenols is 1. The third-order valence-electron chi connectivity index (χ3n) is 9.63. The highest BCUT2D eigenvalue weighted by molar-refractivity contribution is 5.94. The summed E-state index contributed by atoms with van der Waals surface area (Å²) in [4.78, 5) is 13.2. The van der Waals surface area contributed by atoms with Gasteiger partial charge in [0.2, 0.25) is 0 Å². The zero-order valence-corrected chi connectivity index (χ0v) is 19.9. The standard InChI is InChI=1S/C28H29N3O5/c29-14-17-2-1-3-19(12-17)26(33)30-20-8-9-28(34)22-13-18-6-7-21(32)24-23(18)27(28,25(20)36-24)10-11-31(22,35)15-16-4-5-16/h1-3,6-7,12,16,20,22,25,32,34H,4-5,8-11,13,15H2,(H,30,33)/t20-,22-,25+,27?,28-,31?/m1/s1. The fourth-order valence-corrected chi connectivity index (χ4v) is 7.89. The largest absolute Gasteiger partial charge is 0.632 e. The Morgan fingerprint density at radius 1 is 1.25 bits per heavy atom. The molecular formula is C28H29N3O5. The van der Waals surface area contributed by atoms with Crippen LogP contribution in [0.3, 0.4) is 0 Å². The summed E-state index contributed by atoms with van der Waals surface area (Å²) in [5.41, 5.74) is 0.439. The number of hydroxylamine groups is 3. The molecule has 2 aliphatic heterocycles. The summed E-state index contributed by atoms with van der Waals surface area (Å²) in [5, 5.41) is 49.8. The van der Waals surface area contributed by atoms with Crippen molar-refractivity contribution in [3.05, 3.63) is 63.9 Å². The molecule has 2 aromatic rings. The Bertz CT molecular complexity index is 1330. The molecule has 3 N–H and O–H groups in total. The van der Waals surface area contributed by atoms with Crippen LogP contribution in [-0.2, 0) is 11.8 Å². The quantitative estimate of drug-likeness (QED) is 0.450. The minimum atomic E-state index is -1.28. The normalized spacial score (nSPS) is 37.4. The van der Waals surface area contributed by atoms with Gasteiger partial charge >= 0.3 is 0 Å². The smallest absolute Gasteiger partial charge is 0.251 e. The number of ether oxygens (including phenoxy) is 1. The molecule has 1 spiro atoms. The third kappa shape index (κ3) is 2.76. The number of aromatic hydroxyl groups is 1. The average molecular weight is 488 g/mol. The monoisotopic (exact) mass is 487 g/mol. The van der Waals surface area contributed by atoms with Gasteiger partial charge < -0.3 is 30.1 Å². The lowest BCUT2D eigenvalue weighted by Crippen LogP contribution is -2.81. The van der Waals surface area contributed by atoms with E-state index in [-0.39, 0.29) is 16.3 Å². The number of amides is 1. The fourth-order valence-electron chi connectivity index (χ4n) is 7.89. The van der Waals surface area contributed by atoms with Gasteiger partial charge in [-0.1, -0.05) is 12.1 Å². The van der Waals surface area contributed by atoms with Crippen LogP contribution in [0.4, 0.5) is 0 Å². The number of hydrogen-bond donors (Lipinski definition) is 3. The molecule has 3 fully saturated rings. The van der Waals surface area contributed by atoms with Gasteiger partial charge in [0.15, 0.2) is 11.5 Å². The molecule has 2 aromatic carbocycles. The lowest BCUT2D eigenvalue weighted by atomic mass is 9.48. The highest BCUT2D eigenvalue weighted by atomic mass is 16.6. The second-order valence-electron chi connectivity index (χ2n) is 11.5. The zero-order chi connectivity index (χ0) is 24.9. The molecule has 1 saturated heterocycles. The van der Waals surface area contributed by atoms with Crippen molar-refractivity contribution in [2.24, 2.45) is 5.92 Å². The second kappa shape index (κ2) is 7.22. The van der Waals surface area contributed by atoms with E-state index in [1.807, 2.05) is 6.07 Å². The number of hydrogen-bond acceptors (Lipinski definition) is 6. The van der Waals surface area contributed by atoms with Gasteiger partial charge in [-0.05, 0) is 55.5 Å². The Morgan fingerprint density at radius 2 is 2.08 bits per heavy atom. The van der Waals surface area contributed by atoms with Crippen molar-refractivity contribution in [2.45, 2.75) is 67.7 Å². The first-order chi connectivity index (χ1) is 17.3. The van der Waals surface area contributed by atoms with Gasteiger partial charge in [-0.2, -0.15) is 5.26 Å². The Labute approximate surface area is 209 Å². The second-order valence-corrected chi connectivity index (χ2v) is 11.5. The average Bonchev–Trinajstić information content (AvgIpc) is 3.60. The summed E-state index contributed by atoms with van der Waals surface area (Å²) in [5.74, 6) is 0.535. The minimum absolute atomic E-state index is 0.0246. The Morgan fingerprint density at radius 3 is 2.86 bits per heavy atom. The summed E-state index contributed by atoms with van der Waals surface area (Å²) in [6, 6.07) is 11.2. The first kappa shape index (κ1) is 22.1. The SMILES string of the molecule is N#Cc1cccc(C(=O)N[C@@H]2CC[C@@]3(O)[C@H]4Cc5ccc(O)c6c5C3(CC[N+]4([O-])CC3CC3)[C@H]2O6)c1. The molecule has 2 unspecified atom stereocenters. The molecule has 0 radical (unpaired) electrons. The van der Waals surface area contributed by atoms with Gasteiger partial charge in [-0.25, -0.2) is 0 Å². The fraction of sp³-hybridized carbons (Fsp3) is 0.500. The maximum atomic E-state index is 14.3. The van der Waals surface area contributed by atoms with Crippen LogP contribution >= 0.6 is 0 Å². The van der Waals surface area contributed by atoms with E-state index < -0.39 is 29.2 Å². The number of carbonyl (C=O) groups is 1. The summed E-state index contributed by atoms with van der Waals surface area (Å²) in [6.45, 7) is 0.938.